The summed E-state index contributed by atoms with van der Waals surface area (Å²) < 4.78 is 19.0. The van der Waals surface area contributed by atoms with Crippen LogP contribution in [0.25, 0.3) is 0 Å². The van der Waals surface area contributed by atoms with Crippen molar-refractivity contribution in [3.8, 4) is 5.75 Å². The molecule has 2 amide bonds. The molecule has 1 heterocycles. The standard InChI is InChI=1S/C18H16ClFN2O3/c1-25-13-5-2-4-12(9-13)22-10-11(8-16(22)23)21-18(24)17-14(19)6-3-7-15(17)20/h2-7,9,11H,8,10H2,1H3,(H,21,24)/t11-/m1/s1. The smallest absolute Gasteiger partial charge is 0.256 e. The Bertz CT molecular complexity index is 807. The third-order valence-electron chi connectivity index (χ3n) is 4.02. The summed E-state index contributed by atoms with van der Waals surface area (Å²) in [6, 6.07) is 10.7. The average Bonchev–Trinajstić information content (AvgIpc) is 2.95. The van der Waals surface area contributed by atoms with E-state index in [1.165, 1.54) is 18.2 Å². The highest BCUT2D eigenvalue weighted by atomic mass is 35.5. The minimum atomic E-state index is -0.695. The fourth-order valence-electron chi connectivity index (χ4n) is 2.80. The number of carbonyl (C=O) groups excluding carboxylic acids is 2. The van der Waals surface area contributed by atoms with E-state index in [0.717, 1.165) is 0 Å². The number of halogens is 2. The van der Waals surface area contributed by atoms with Crippen molar-refractivity contribution in [1.82, 2.24) is 5.32 Å². The van der Waals surface area contributed by atoms with E-state index in [9.17, 15) is 14.0 Å². The molecule has 5 nitrogen and oxygen atoms in total. The molecule has 1 aliphatic heterocycles. The lowest BCUT2D eigenvalue weighted by molar-refractivity contribution is -0.117. The first-order valence-corrected chi connectivity index (χ1v) is 8.06. The fourth-order valence-corrected chi connectivity index (χ4v) is 3.05. The molecule has 3 rings (SSSR count). The lowest BCUT2D eigenvalue weighted by Crippen LogP contribution is -2.37. The van der Waals surface area contributed by atoms with Crippen LogP contribution in [-0.4, -0.2) is 31.5 Å². The zero-order valence-corrected chi connectivity index (χ0v) is 14.2. The van der Waals surface area contributed by atoms with Gasteiger partial charge in [-0.15, -0.1) is 0 Å². The number of amides is 2. The lowest BCUT2D eigenvalue weighted by atomic mass is 10.1. The number of nitrogens with one attached hydrogen (secondary N) is 1. The molecule has 1 atom stereocenters. The average molecular weight is 363 g/mol. The Morgan fingerprint density at radius 1 is 1.32 bits per heavy atom. The van der Waals surface area contributed by atoms with Gasteiger partial charge in [0.15, 0.2) is 0 Å². The molecule has 1 saturated heterocycles. The van der Waals surface area contributed by atoms with Gasteiger partial charge in [0.1, 0.15) is 11.6 Å². The fraction of sp³-hybridized carbons (Fsp3) is 0.222. The molecule has 1 N–H and O–H groups in total. The quantitative estimate of drug-likeness (QED) is 0.909. The first kappa shape index (κ1) is 17.2. The Labute approximate surface area is 149 Å². The molecule has 0 bridgehead atoms. The van der Waals surface area contributed by atoms with Crippen LogP contribution in [0.1, 0.15) is 16.8 Å². The van der Waals surface area contributed by atoms with Crippen molar-refractivity contribution in [2.24, 2.45) is 0 Å². The van der Waals surface area contributed by atoms with E-state index in [4.69, 9.17) is 16.3 Å². The molecule has 2 aromatic rings. The van der Waals surface area contributed by atoms with Gasteiger partial charge < -0.3 is 15.0 Å². The monoisotopic (exact) mass is 362 g/mol. The maximum Gasteiger partial charge on any atom is 0.256 e. The first-order valence-electron chi connectivity index (χ1n) is 7.69. The number of benzene rings is 2. The summed E-state index contributed by atoms with van der Waals surface area (Å²) in [6.45, 7) is 0.295. The van der Waals surface area contributed by atoms with Gasteiger partial charge in [-0.25, -0.2) is 4.39 Å². The van der Waals surface area contributed by atoms with E-state index in [-0.39, 0.29) is 22.9 Å². The number of rotatable bonds is 4. The summed E-state index contributed by atoms with van der Waals surface area (Å²) in [5.41, 5.74) is 0.474. The zero-order chi connectivity index (χ0) is 18.0. The Morgan fingerprint density at radius 3 is 2.80 bits per heavy atom. The van der Waals surface area contributed by atoms with E-state index in [1.807, 2.05) is 0 Å². The minimum Gasteiger partial charge on any atom is -0.497 e. The van der Waals surface area contributed by atoms with Crippen LogP contribution >= 0.6 is 11.6 Å². The van der Waals surface area contributed by atoms with E-state index in [0.29, 0.717) is 18.0 Å². The normalized spacial score (nSPS) is 16.8. The van der Waals surface area contributed by atoms with E-state index < -0.39 is 17.8 Å². The van der Waals surface area contributed by atoms with Gasteiger partial charge in [-0.1, -0.05) is 23.7 Å². The topological polar surface area (TPSA) is 58.6 Å². The van der Waals surface area contributed by atoms with Crippen molar-refractivity contribution in [1.29, 1.82) is 0 Å². The van der Waals surface area contributed by atoms with Crippen molar-refractivity contribution in [2.45, 2.75) is 12.5 Å². The Kier molecular flexibility index (Phi) is 4.90. The number of carbonyl (C=O) groups is 2. The summed E-state index contributed by atoms with van der Waals surface area (Å²) in [5, 5.41) is 2.71. The maximum atomic E-state index is 13.8. The van der Waals surface area contributed by atoms with Crippen LogP contribution in [0.3, 0.4) is 0 Å². The molecular weight excluding hydrogens is 347 g/mol. The summed E-state index contributed by atoms with van der Waals surface area (Å²) in [6.07, 6.45) is 0.134. The summed E-state index contributed by atoms with van der Waals surface area (Å²) >= 11 is 5.90. The molecule has 130 valence electrons. The zero-order valence-electron chi connectivity index (χ0n) is 13.5. The van der Waals surface area contributed by atoms with Gasteiger partial charge in [0.25, 0.3) is 5.91 Å². The van der Waals surface area contributed by atoms with Gasteiger partial charge in [-0.05, 0) is 24.3 Å². The predicted octanol–water partition coefficient (Wildman–Crippen LogP) is 3.02. The lowest BCUT2D eigenvalue weighted by Gasteiger charge is -2.18. The van der Waals surface area contributed by atoms with Crippen molar-refractivity contribution < 1.29 is 18.7 Å². The van der Waals surface area contributed by atoms with Crippen LogP contribution in [0, 0.1) is 5.82 Å². The van der Waals surface area contributed by atoms with Crippen molar-refractivity contribution >= 4 is 29.1 Å². The summed E-state index contributed by atoms with van der Waals surface area (Å²) in [7, 11) is 1.55. The van der Waals surface area contributed by atoms with Crippen molar-refractivity contribution in [3.05, 3.63) is 58.9 Å². The number of hydrogen-bond donors (Lipinski definition) is 1. The molecule has 1 aliphatic rings. The molecule has 0 spiro atoms. The van der Waals surface area contributed by atoms with E-state index in [1.54, 1.807) is 36.3 Å². The molecule has 0 aliphatic carbocycles. The van der Waals surface area contributed by atoms with Gasteiger partial charge in [0, 0.05) is 24.7 Å². The third kappa shape index (κ3) is 3.58. The van der Waals surface area contributed by atoms with Gasteiger partial charge >= 0.3 is 0 Å². The molecule has 25 heavy (non-hydrogen) atoms. The molecule has 0 saturated carbocycles. The van der Waals surface area contributed by atoms with Gasteiger partial charge in [-0.2, -0.15) is 0 Å². The van der Waals surface area contributed by atoms with Crippen LogP contribution in [0.4, 0.5) is 10.1 Å². The Hall–Kier alpha value is -2.60. The predicted molar refractivity (Wildman–Crippen MR) is 92.6 cm³/mol. The van der Waals surface area contributed by atoms with E-state index in [2.05, 4.69) is 5.32 Å². The Morgan fingerprint density at radius 2 is 2.08 bits per heavy atom. The largest absolute Gasteiger partial charge is 0.497 e. The minimum absolute atomic E-state index is 0.0338. The third-order valence-corrected chi connectivity index (χ3v) is 4.33. The molecule has 0 radical (unpaired) electrons. The second kappa shape index (κ2) is 7.11. The highest BCUT2D eigenvalue weighted by Gasteiger charge is 2.32. The second-order valence-electron chi connectivity index (χ2n) is 5.68. The molecular formula is C18H16ClFN2O3. The van der Waals surface area contributed by atoms with E-state index >= 15 is 0 Å². The number of methoxy groups -OCH3 is 1. The number of ether oxygens (including phenoxy) is 1. The highest BCUT2D eigenvalue weighted by Crippen LogP contribution is 2.26. The maximum absolute atomic E-state index is 13.8. The van der Waals surface area contributed by atoms with Crippen molar-refractivity contribution in [2.75, 3.05) is 18.6 Å². The van der Waals surface area contributed by atoms with Crippen LogP contribution in [0.15, 0.2) is 42.5 Å². The number of nitrogens with zero attached hydrogens (tertiary/aromatic N) is 1. The van der Waals surface area contributed by atoms with Crippen molar-refractivity contribution in [3.63, 3.8) is 0 Å². The van der Waals surface area contributed by atoms with Gasteiger partial charge in [0.05, 0.1) is 23.7 Å². The number of anilines is 1. The molecule has 2 aromatic carbocycles. The highest BCUT2D eigenvalue weighted by molar-refractivity contribution is 6.33. The summed E-state index contributed by atoms with van der Waals surface area (Å²) in [4.78, 5) is 26.1. The Balaban J connectivity index is 1.73. The first-order chi connectivity index (χ1) is 12.0. The van der Waals surface area contributed by atoms with Crippen LogP contribution in [-0.2, 0) is 4.79 Å². The molecule has 7 heteroatoms. The van der Waals surface area contributed by atoms with Crippen LogP contribution in [0.5, 0.6) is 5.75 Å². The number of hydrogen-bond acceptors (Lipinski definition) is 3. The van der Waals surface area contributed by atoms with Crippen LogP contribution in [0.2, 0.25) is 5.02 Å². The molecule has 0 aromatic heterocycles. The second-order valence-corrected chi connectivity index (χ2v) is 6.08. The molecule has 0 unspecified atom stereocenters. The van der Waals surface area contributed by atoms with Gasteiger partial charge in [0.2, 0.25) is 5.91 Å². The SMILES string of the molecule is COc1cccc(N2C[C@H](NC(=O)c3c(F)cccc3Cl)CC2=O)c1. The molecule has 1 fully saturated rings. The van der Waals surface area contributed by atoms with Crippen LogP contribution < -0.4 is 15.0 Å². The summed E-state index contributed by atoms with van der Waals surface area (Å²) in [5.74, 6) is -0.818. The van der Waals surface area contributed by atoms with Gasteiger partial charge in [-0.3, -0.25) is 9.59 Å².